The number of nitro groups is 1. The average Bonchev–Trinajstić information content (AvgIpc) is 2.70. The van der Waals surface area contributed by atoms with Gasteiger partial charge in [-0.3, -0.25) is 10.1 Å². The number of ether oxygens (including phenoxy) is 3. The lowest BCUT2D eigenvalue weighted by molar-refractivity contribution is -0.384. The summed E-state index contributed by atoms with van der Waals surface area (Å²) in [5.74, 6) is 1.91. The van der Waals surface area contributed by atoms with Crippen LogP contribution in [-0.4, -0.2) is 48.0 Å². The van der Waals surface area contributed by atoms with E-state index in [-0.39, 0.29) is 24.4 Å². The Bertz CT molecular complexity index is 767. The van der Waals surface area contributed by atoms with Crippen molar-refractivity contribution in [1.29, 1.82) is 0 Å². The Morgan fingerprint density at radius 2 is 1.96 bits per heavy atom. The molecule has 1 heterocycles. The first-order chi connectivity index (χ1) is 13.0. The van der Waals surface area contributed by atoms with Crippen LogP contribution in [0.1, 0.15) is 6.92 Å². The minimum Gasteiger partial charge on any atom is -0.491 e. The van der Waals surface area contributed by atoms with Crippen molar-refractivity contribution < 1.29 is 24.2 Å². The first kappa shape index (κ1) is 18.9. The van der Waals surface area contributed by atoms with E-state index in [0.29, 0.717) is 24.7 Å². The van der Waals surface area contributed by atoms with Crippen LogP contribution in [0.25, 0.3) is 0 Å². The van der Waals surface area contributed by atoms with Crippen LogP contribution in [0, 0.1) is 10.1 Å². The highest BCUT2D eigenvalue weighted by Gasteiger charge is 2.26. The van der Waals surface area contributed by atoms with Gasteiger partial charge in [-0.2, -0.15) is 0 Å². The molecule has 0 saturated heterocycles. The summed E-state index contributed by atoms with van der Waals surface area (Å²) in [6, 6.07) is 13.2. The van der Waals surface area contributed by atoms with Gasteiger partial charge in [0.15, 0.2) is 11.5 Å². The number of para-hydroxylation sites is 2. The Morgan fingerprint density at radius 1 is 1.26 bits per heavy atom. The highest BCUT2D eigenvalue weighted by Crippen LogP contribution is 2.31. The van der Waals surface area contributed by atoms with Crippen molar-refractivity contribution >= 4 is 5.69 Å². The molecule has 0 aliphatic carbocycles. The van der Waals surface area contributed by atoms with E-state index < -0.39 is 11.0 Å². The number of fused-ring (bicyclic) bond motifs is 1. The SMILES string of the molecule is C[C@H](NC[C@@H](O)COc1ccc([N+](=O)[O-])cc1)[C@@H]1COc2ccccc2O1. The molecule has 2 aromatic carbocycles. The number of nitrogens with one attached hydrogen (secondary N) is 1. The normalized spacial score (nSPS) is 17.8. The first-order valence-corrected chi connectivity index (χ1v) is 8.70. The zero-order valence-corrected chi connectivity index (χ0v) is 14.9. The van der Waals surface area contributed by atoms with Crippen LogP contribution in [0.4, 0.5) is 5.69 Å². The number of hydrogen-bond donors (Lipinski definition) is 2. The van der Waals surface area contributed by atoms with Crippen LogP contribution in [0.15, 0.2) is 48.5 Å². The molecule has 1 aliphatic rings. The largest absolute Gasteiger partial charge is 0.491 e. The Morgan fingerprint density at radius 3 is 2.67 bits per heavy atom. The molecular formula is C19H22N2O6. The molecule has 1 aliphatic heterocycles. The van der Waals surface area contributed by atoms with Gasteiger partial charge in [0.25, 0.3) is 5.69 Å². The number of hydrogen-bond acceptors (Lipinski definition) is 7. The van der Waals surface area contributed by atoms with Crippen molar-refractivity contribution in [2.45, 2.75) is 25.2 Å². The number of aliphatic hydroxyl groups excluding tert-OH is 1. The second kappa shape index (κ2) is 8.70. The Kier molecular flexibility index (Phi) is 6.10. The van der Waals surface area contributed by atoms with Crippen molar-refractivity contribution in [2.75, 3.05) is 19.8 Å². The van der Waals surface area contributed by atoms with Crippen molar-refractivity contribution in [3.05, 3.63) is 58.6 Å². The molecule has 0 fully saturated rings. The molecule has 0 spiro atoms. The van der Waals surface area contributed by atoms with E-state index >= 15 is 0 Å². The molecular weight excluding hydrogens is 352 g/mol. The average molecular weight is 374 g/mol. The molecule has 0 bridgehead atoms. The molecule has 27 heavy (non-hydrogen) atoms. The van der Waals surface area contributed by atoms with Gasteiger partial charge >= 0.3 is 0 Å². The van der Waals surface area contributed by atoms with Crippen molar-refractivity contribution in [2.24, 2.45) is 0 Å². The van der Waals surface area contributed by atoms with Gasteiger partial charge in [0.05, 0.1) is 4.92 Å². The summed E-state index contributed by atoms with van der Waals surface area (Å²) in [5.41, 5.74) is -0.00494. The fourth-order valence-corrected chi connectivity index (χ4v) is 2.65. The molecule has 2 N–H and O–H groups in total. The summed E-state index contributed by atoms with van der Waals surface area (Å²) in [5, 5.41) is 23.9. The minimum atomic E-state index is -0.737. The van der Waals surface area contributed by atoms with Gasteiger partial charge in [0, 0.05) is 24.7 Å². The summed E-state index contributed by atoms with van der Waals surface area (Å²) in [7, 11) is 0. The predicted octanol–water partition coefficient (Wildman–Crippen LogP) is 2.15. The molecule has 0 radical (unpaired) electrons. The highest BCUT2D eigenvalue weighted by molar-refractivity contribution is 5.40. The lowest BCUT2D eigenvalue weighted by Gasteiger charge is -2.31. The third-order valence-corrected chi connectivity index (χ3v) is 4.25. The zero-order chi connectivity index (χ0) is 19.2. The second-order valence-corrected chi connectivity index (χ2v) is 6.33. The van der Waals surface area contributed by atoms with E-state index in [9.17, 15) is 15.2 Å². The topological polar surface area (TPSA) is 103 Å². The maximum absolute atomic E-state index is 10.6. The fraction of sp³-hybridized carbons (Fsp3) is 0.368. The van der Waals surface area contributed by atoms with E-state index in [1.807, 2.05) is 31.2 Å². The van der Waals surface area contributed by atoms with Crippen LogP contribution in [0.5, 0.6) is 17.2 Å². The third kappa shape index (κ3) is 5.08. The maximum atomic E-state index is 10.6. The summed E-state index contributed by atoms with van der Waals surface area (Å²) in [6.45, 7) is 2.78. The standard InChI is InChI=1S/C19H22N2O6/c1-13(19-12-26-17-4-2-3-5-18(17)27-19)20-10-15(22)11-25-16-8-6-14(7-9-16)21(23)24/h2-9,13,15,19-20,22H,10-12H2,1H3/t13-,15+,19-/m0/s1. The van der Waals surface area contributed by atoms with Crippen LogP contribution in [-0.2, 0) is 0 Å². The zero-order valence-electron chi connectivity index (χ0n) is 14.9. The molecule has 0 aromatic heterocycles. The quantitative estimate of drug-likeness (QED) is 0.539. The van der Waals surface area contributed by atoms with Crippen molar-refractivity contribution in [3.63, 3.8) is 0 Å². The fourth-order valence-electron chi connectivity index (χ4n) is 2.65. The number of non-ortho nitro benzene ring substituents is 1. The lowest BCUT2D eigenvalue weighted by Crippen LogP contribution is -2.48. The van der Waals surface area contributed by atoms with Gasteiger partial charge in [0.1, 0.15) is 31.2 Å². The molecule has 2 aromatic rings. The Hall–Kier alpha value is -2.84. The maximum Gasteiger partial charge on any atom is 0.269 e. The molecule has 8 heteroatoms. The van der Waals surface area contributed by atoms with Gasteiger partial charge in [-0.05, 0) is 31.2 Å². The van der Waals surface area contributed by atoms with E-state index in [2.05, 4.69) is 5.32 Å². The molecule has 0 saturated carbocycles. The Balaban J connectivity index is 1.41. The molecule has 3 atom stereocenters. The Labute approximate surface area is 156 Å². The highest BCUT2D eigenvalue weighted by atomic mass is 16.6. The summed E-state index contributed by atoms with van der Waals surface area (Å²) < 4.78 is 17.1. The number of benzene rings is 2. The van der Waals surface area contributed by atoms with E-state index in [4.69, 9.17) is 14.2 Å². The number of rotatable bonds is 8. The minimum absolute atomic E-state index is 0.00494. The smallest absolute Gasteiger partial charge is 0.269 e. The summed E-state index contributed by atoms with van der Waals surface area (Å²) >= 11 is 0. The van der Waals surface area contributed by atoms with Crippen LogP contribution >= 0.6 is 0 Å². The molecule has 0 unspecified atom stereocenters. The van der Waals surface area contributed by atoms with Gasteiger partial charge in [0.2, 0.25) is 0 Å². The van der Waals surface area contributed by atoms with Crippen LogP contribution in [0.3, 0.4) is 0 Å². The van der Waals surface area contributed by atoms with Gasteiger partial charge in [-0.15, -0.1) is 0 Å². The molecule has 0 amide bonds. The van der Waals surface area contributed by atoms with Crippen molar-refractivity contribution in [3.8, 4) is 17.2 Å². The van der Waals surface area contributed by atoms with Crippen LogP contribution < -0.4 is 19.5 Å². The number of nitrogens with zero attached hydrogens (tertiary/aromatic N) is 1. The lowest BCUT2D eigenvalue weighted by atomic mass is 10.1. The number of nitro benzene ring substituents is 1. The molecule has 3 rings (SSSR count). The number of aliphatic hydroxyl groups is 1. The van der Waals surface area contributed by atoms with Gasteiger partial charge < -0.3 is 24.6 Å². The van der Waals surface area contributed by atoms with E-state index in [0.717, 1.165) is 5.75 Å². The third-order valence-electron chi connectivity index (χ3n) is 4.25. The predicted molar refractivity (Wildman–Crippen MR) is 98.4 cm³/mol. The second-order valence-electron chi connectivity index (χ2n) is 6.33. The summed E-state index contributed by atoms with van der Waals surface area (Å²) in [4.78, 5) is 10.2. The first-order valence-electron chi connectivity index (χ1n) is 8.70. The van der Waals surface area contributed by atoms with E-state index in [1.54, 1.807) is 0 Å². The van der Waals surface area contributed by atoms with Gasteiger partial charge in [-0.25, -0.2) is 0 Å². The molecule has 8 nitrogen and oxygen atoms in total. The summed E-state index contributed by atoms with van der Waals surface area (Å²) in [6.07, 6.45) is -0.901. The van der Waals surface area contributed by atoms with Gasteiger partial charge in [-0.1, -0.05) is 12.1 Å². The monoisotopic (exact) mass is 374 g/mol. The van der Waals surface area contributed by atoms with E-state index in [1.165, 1.54) is 24.3 Å². The van der Waals surface area contributed by atoms with Crippen LogP contribution in [0.2, 0.25) is 0 Å². The van der Waals surface area contributed by atoms with Crippen molar-refractivity contribution in [1.82, 2.24) is 5.32 Å². The molecule has 144 valence electrons.